The van der Waals surface area contributed by atoms with Crippen molar-refractivity contribution in [2.45, 2.75) is 43.4 Å². The Kier molecular flexibility index (Phi) is 5.65. The first-order valence-corrected chi connectivity index (χ1v) is 10.3. The predicted molar refractivity (Wildman–Crippen MR) is 111 cm³/mol. The summed E-state index contributed by atoms with van der Waals surface area (Å²) in [5.41, 5.74) is 10.8. The first-order chi connectivity index (χ1) is 15.1. The third-order valence-electron chi connectivity index (χ3n) is 6.23. The van der Waals surface area contributed by atoms with Crippen molar-refractivity contribution in [3.05, 3.63) is 6.33 Å². The Balaban J connectivity index is 1.43. The zero-order valence-electron chi connectivity index (χ0n) is 17.7. The second-order valence-electron chi connectivity index (χ2n) is 8.60. The number of likely N-dealkylation sites (tertiary alicyclic amines) is 1. The van der Waals surface area contributed by atoms with E-state index in [2.05, 4.69) is 15.0 Å². The summed E-state index contributed by atoms with van der Waals surface area (Å²) >= 11 is 0. The van der Waals surface area contributed by atoms with Gasteiger partial charge in [-0.3, -0.25) is 4.79 Å². The number of nitrogens with zero attached hydrogens (tertiary/aromatic N) is 5. The van der Waals surface area contributed by atoms with Crippen LogP contribution in [0.15, 0.2) is 6.33 Å². The number of amides is 1. The van der Waals surface area contributed by atoms with Gasteiger partial charge in [0.25, 0.3) is 0 Å². The number of aliphatic hydroxyl groups is 1. The van der Waals surface area contributed by atoms with E-state index in [1.54, 1.807) is 22.7 Å². The monoisotopic (exact) mass is 449 g/mol. The molecule has 13 nitrogen and oxygen atoms in total. The number of fused-ring (bicyclic) bond motifs is 1. The summed E-state index contributed by atoms with van der Waals surface area (Å²) in [5, 5.41) is 20.0. The Morgan fingerprint density at radius 3 is 2.66 bits per heavy atom. The van der Waals surface area contributed by atoms with Crippen molar-refractivity contribution < 1.29 is 29.3 Å². The number of aliphatic carboxylic acids is 1. The number of hydrogen-bond acceptors (Lipinski definition) is 10. The normalized spacial score (nSPS) is 25.3. The van der Waals surface area contributed by atoms with Gasteiger partial charge in [0.05, 0.1) is 30.2 Å². The molecule has 0 bridgehead atoms. The molecule has 0 saturated carbocycles. The molecule has 13 heteroatoms. The zero-order valence-corrected chi connectivity index (χ0v) is 17.7. The van der Waals surface area contributed by atoms with E-state index in [0.717, 1.165) is 0 Å². The lowest BCUT2D eigenvalue weighted by Gasteiger charge is -2.51. The minimum absolute atomic E-state index is 0.0222. The average molecular weight is 449 g/mol. The number of piperidine rings is 1. The highest BCUT2D eigenvalue weighted by molar-refractivity contribution is 5.82. The summed E-state index contributed by atoms with van der Waals surface area (Å²) in [7, 11) is 0. The van der Waals surface area contributed by atoms with E-state index in [0.29, 0.717) is 43.5 Å². The van der Waals surface area contributed by atoms with Gasteiger partial charge in [0.2, 0.25) is 11.9 Å². The van der Waals surface area contributed by atoms with Gasteiger partial charge in [0.15, 0.2) is 11.5 Å². The number of hydrogen-bond donors (Lipinski definition) is 4. The SMILES string of the molecule is C[C@]1(O)CC2(CCN(C(=O)COCC(=O)O)CC2)OC[C@@H]1n1cnc2c(N)nc(N)nc21. The predicted octanol–water partition coefficient (Wildman–Crippen LogP) is -0.834. The molecule has 2 fully saturated rings. The highest BCUT2D eigenvalue weighted by Gasteiger charge is 2.50. The number of nitrogen functional groups attached to an aromatic ring is 2. The summed E-state index contributed by atoms with van der Waals surface area (Å²) in [4.78, 5) is 36.8. The molecule has 32 heavy (non-hydrogen) atoms. The lowest BCUT2D eigenvalue weighted by molar-refractivity contribution is -0.197. The van der Waals surface area contributed by atoms with Crippen molar-refractivity contribution in [1.29, 1.82) is 0 Å². The molecule has 0 aliphatic carbocycles. The molecular formula is C19H27N7O6. The number of aromatic nitrogens is 4. The third kappa shape index (κ3) is 4.18. The molecule has 6 N–H and O–H groups in total. The number of nitrogens with two attached hydrogens (primary N) is 2. The highest BCUT2D eigenvalue weighted by Crippen LogP contribution is 2.44. The Hall–Kier alpha value is -3.03. The molecule has 2 saturated heterocycles. The molecule has 2 aliphatic heterocycles. The van der Waals surface area contributed by atoms with E-state index >= 15 is 0 Å². The second-order valence-corrected chi connectivity index (χ2v) is 8.60. The van der Waals surface area contributed by atoms with Gasteiger partial charge < -0.3 is 40.6 Å². The molecule has 0 aromatic carbocycles. The first-order valence-electron chi connectivity index (χ1n) is 10.3. The molecule has 1 amide bonds. The topological polar surface area (TPSA) is 192 Å². The van der Waals surface area contributed by atoms with Crippen LogP contribution in [0, 0.1) is 0 Å². The number of imidazole rings is 1. The van der Waals surface area contributed by atoms with Crippen LogP contribution in [0.3, 0.4) is 0 Å². The van der Waals surface area contributed by atoms with E-state index in [9.17, 15) is 14.7 Å². The molecule has 2 aromatic heterocycles. The molecule has 4 heterocycles. The van der Waals surface area contributed by atoms with Gasteiger partial charge in [-0.2, -0.15) is 9.97 Å². The maximum absolute atomic E-state index is 12.2. The Morgan fingerprint density at radius 2 is 2.00 bits per heavy atom. The molecule has 2 atom stereocenters. The summed E-state index contributed by atoms with van der Waals surface area (Å²) in [5.74, 6) is -1.19. The molecule has 2 aromatic rings. The number of anilines is 2. The van der Waals surface area contributed by atoms with Crippen LogP contribution in [-0.2, 0) is 19.1 Å². The van der Waals surface area contributed by atoms with E-state index < -0.39 is 29.8 Å². The van der Waals surface area contributed by atoms with Gasteiger partial charge in [-0.25, -0.2) is 9.78 Å². The first kappa shape index (κ1) is 22.2. The van der Waals surface area contributed by atoms with Crippen LogP contribution in [0.2, 0.25) is 0 Å². The smallest absolute Gasteiger partial charge is 0.329 e. The van der Waals surface area contributed by atoms with Crippen molar-refractivity contribution in [3.63, 3.8) is 0 Å². The highest BCUT2D eigenvalue weighted by atomic mass is 16.5. The van der Waals surface area contributed by atoms with Crippen molar-refractivity contribution in [2.75, 3.05) is 44.4 Å². The second kappa shape index (κ2) is 8.15. The fourth-order valence-corrected chi connectivity index (χ4v) is 4.62. The minimum Gasteiger partial charge on any atom is -0.480 e. The van der Waals surface area contributed by atoms with Crippen molar-refractivity contribution in [1.82, 2.24) is 24.4 Å². The largest absolute Gasteiger partial charge is 0.480 e. The van der Waals surface area contributed by atoms with Gasteiger partial charge in [0, 0.05) is 19.5 Å². The summed E-state index contributed by atoms with van der Waals surface area (Å²) in [6.45, 7) is 2.05. The van der Waals surface area contributed by atoms with E-state index in [4.69, 9.17) is 26.0 Å². The maximum Gasteiger partial charge on any atom is 0.329 e. The quantitative estimate of drug-likeness (QED) is 0.445. The van der Waals surface area contributed by atoms with Gasteiger partial charge in [0.1, 0.15) is 18.7 Å². The number of carbonyl (C=O) groups is 2. The van der Waals surface area contributed by atoms with Crippen LogP contribution in [0.4, 0.5) is 11.8 Å². The number of rotatable bonds is 5. The third-order valence-corrected chi connectivity index (χ3v) is 6.23. The van der Waals surface area contributed by atoms with E-state index in [1.807, 2.05) is 0 Å². The van der Waals surface area contributed by atoms with Crippen LogP contribution in [0.5, 0.6) is 0 Å². The molecule has 1 spiro atoms. The number of carboxylic acids is 1. The summed E-state index contributed by atoms with van der Waals surface area (Å²) < 4.78 is 12.9. The molecule has 4 rings (SSSR count). The van der Waals surface area contributed by atoms with E-state index in [1.165, 1.54) is 0 Å². The van der Waals surface area contributed by atoms with Crippen molar-refractivity contribution in [3.8, 4) is 0 Å². The van der Waals surface area contributed by atoms with Gasteiger partial charge in [-0.05, 0) is 19.8 Å². The number of ether oxygens (including phenoxy) is 2. The Labute approximate surface area is 183 Å². The number of carboxylic acid groups (broad SMARTS) is 1. The molecular weight excluding hydrogens is 422 g/mol. The van der Waals surface area contributed by atoms with Gasteiger partial charge in [-0.1, -0.05) is 0 Å². The Morgan fingerprint density at radius 1 is 1.28 bits per heavy atom. The molecule has 0 unspecified atom stereocenters. The molecule has 174 valence electrons. The van der Waals surface area contributed by atoms with Crippen LogP contribution in [-0.4, -0.2) is 90.6 Å². The lowest BCUT2D eigenvalue weighted by Crippen LogP contribution is -2.58. The minimum atomic E-state index is -1.14. The van der Waals surface area contributed by atoms with Crippen LogP contribution < -0.4 is 11.5 Å². The van der Waals surface area contributed by atoms with Gasteiger partial charge in [-0.15, -0.1) is 0 Å². The maximum atomic E-state index is 12.2. The summed E-state index contributed by atoms with van der Waals surface area (Å²) in [6.07, 6.45) is 3.01. The lowest BCUT2D eigenvalue weighted by atomic mass is 9.75. The molecule has 2 aliphatic rings. The van der Waals surface area contributed by atoms with Crippen LogP contribution in [0.25, 0.3) is 11.2 Å². The van der Waals surface area contributed by atoms with Gasteiger partial charge >= 0.3 is 5.97 Å². The van der Waals surface area contributed by atoms with Crippen molar-refractivity contribution in [2.24, 2.45) is 0 Å². The summed E-state index contributed by atoms with van der Waals surface area (Å²) in [6, 6.07) is -0.462. The molecule has 0 radical (unpaired) electrons. The fraction of sp³-hybridized carbons (Fsp3) is 0.632. The van der Waals surface area contributed by atoms with Crippen LogP contribution in [0.1, 0.15) is 32.2 Å². The Bertz CT molecular complexity index is 1030. The number of carbonyl (C=O) groups excluding carboxylic acids is 1. The standard InChI is InChI=1S/C19H27N7O6/c1-18(30)9-19(2-4-25(5-3-19)12(27)7-31-8-13(28)29)32-6-11(18)26-10-22-14-15(20)23-17(21)24-16(14)26/h10-11,30H,2-9H2,1H3,(H,28,29)(H4,20,21,23,24)/t11-,18-/m0/s1. The zero-order chi connectivity index (χ0) is 23.1. The van der Waals surface area contributed by atoms with Crippen molar-refractivity contribution >= 4 is 34.8 Å². The van der Waals surface area contributed by atoms with E-state index in [-0.39, 0.29) is 30.9 Å². The fourth-order valence-electron chi connectivity index (χ4n) is 4.62. The van der Waals surface area contributed by atoms with Crippen LogP contribution >= 0.6 is 0 Å². The average Bonchev–Trinajstić information content (AvgIpc) is 3.11.